The fraction of sp³-hybridized carbons (Fsp3) is 0.538. The minimum atomic E-state index is -4.60. The highest BCUT2D eigenvalue weighted by Gasteiger charge is 2.42. The summed E-state index contributed by atoms with van der Waals surface area (Å²) in [6.45, 7) is 5.37. The molecule has 1 rings (SSSR count). The molecule has 0 spiro atoms. The molecule has 0 saturated heterocycles. The second-order valence-electron chi connectivity index (χ2n) is 4.67. The third-order valence-corrected chi connectivity index (χ3v) is 2.94. The number of nitrogens with zero attached hydrogens (tertiary/aromatic N) is 2. The summed E-state index contributed by atoms with van der Waals surface area (Å²) in [5, 5.41) is 8.14. The van der Waals surface area contributed by atoms with Crippen LogP contribution in [0.1, 0.15) is 31.4 Å². The van der Waals surface area contributed by atoms with E-state index in [1.165, 1.54) is 17.9 Å². The Morgan fingerprint density at radius 2 is 2.19 bits per heavy atom. The maximum Gasteiger partial charge on any atom is 0.413 e. The highest BCUT2D eigenvalue weighted by molar-refractivity contribution is 5.74. The summed E-state index contributed by atoms with van der Waals surface area (Å²) in [6, 6.07) is -3.20. The summed E-state index contributed by atoms with van der Waals surface area (Å²) in [5.74, 6) is 0. The van der Waals surface area contributed by atoms with Crippen LogP contribution in [0.3, 0.4) is 0 Å². The van der Waals surface area contributed by atoms with Crippen molar-refractivity contribution in [2.24, 2.45) is 7.05 Å². The largest absolute Gasteiger partial charge is 0.413 e. The van der Waals surface area contributed by atoms with Gasteiger partial charge in [0.05, 0.1) is 6.20 Å². The number of carbonyl (C=O) groups is 1. The standard InChI is InChI=1S/C13H19F3N4O/c1-4-6-10(5-2)18-12(21)19-11(13(14,15)16)9-7-17-20(3)8-9/h4,7-8,10-11H,1,5-6H2,2-3H3,(H2,18,19,21). The predicted octanol–water partition coefficient (Wildman–Crippen LogP) is 2.68. The fourth-order valence-corrected chi connectivity index (χ4v) is 1.83. The molecular weight excluding hydrogens is 285 g/mol. The van der Waals surface area contributed by atoms with E-state index in [0.29, 0.717) is 12.8 Å². The molecule has 0 radical (unpaired) electrons. The molecule has 21 heavy (non-hydrogen) atoms. The number of aryl methyl sites for hydroxylation is 1. The summed E-state index contributed by atoms with van der Waals surface area (Å²) in [4.78, 5) is 11.7. The number of hydrogen-bond acceptors (Lipinski definition) is 2. The number of carbonyl (C=O) groups excluding carboxylic acids is 1. The number of amides is 2. The van der Waals surface area contributed by atoms with Crippen LogP contribution in [0, 0.1) is 0 Å². The second kappa shape index (κ2) is 7.14. The number of hydrogen-bond donors (Lipinski definition) is 2. The van der Waals surface area contributed by atoms with Gasteiger partial charge in [-0.05, 0) is 12.8 Å². The van der Waals surface area contributed by atoms with Crippen molar-refractivity contribution in [2.45, 2.75) is 38.0 Å². The molecule has 1 aromatic heterocycles. The van der Waals surface area contributed by atoms with E-state index in [0.717, 1.165) is 6.20 Å². The molecule has 0 bridgehead atoms. The Hall–Kier alpha value is -1.99. The Balaban J connectivity index is 2.78. The summed E-state index contributed by atoms with van der Waals surface area (Å²) >= 11 is 0. The Bertz CT molecular complexity index is 484. The van der Waals surface area contributed by atoms with Gasteiger partial charge in [0, 0.05) is 24.8 Å². The minimum Gasteiger partial charge on any atom is -0.335 e. The van der Waals surface area contributed by atoms with E-state index in [9.17, 15) is 18.0 Å². The van der Waals surface area contributed by atoms with E-state index in [2.05, 4.69) is 17.0 Å². The molecule has 118 valence electrons. The van der Waals surface area contributed by atoms with Crippen LogP contribution in [0.2, 0.25) is 0 Å². The smallest absolute Gasteiger partial charge is 0.335 e. The first-order chi connectivity index (χ1) is 9.77. The van der Waals surface area contributed by atoms with Gasteiger partial charge in [-0.3, -0.25) is 4.68 Å². The lowest BCUT2D eigenvalue weighted by molar-refractivity contribution is -0.155. The first-order valence-electron chi connectivity index (χ1n) is 6.51. The van der Waals surface area contributed by atoms with Gasteiger partial charge in [-0.1, -0.05) is 13.0 Å². The summed E-state index contributed by atoms with van der Waals surface area (Å²) < 4.78 is 40.4. The van der Waals surface area contributed by atoms with E-state index in [1.54, 1.807) is 6.08 Å². The van der Waals surface area contributed by atoms with Crippen molar-refractivity contribution in [3.05, 3.63) is 30.6 Å². The summed E-state index contributed by atoms with van der Waals surface area (Å²) in [6.07, 6.45) is 0.410. The zero-order valence-electron chi connectivity index (χ0n) is 11.9. The van der Waals surface area contributed by atoms with Crippen molar-refractivity contribution in [2.75, 3.05) is 0 Å². The van der Waals surface area contributed by atoms with Gasteiger partial charge < -0.3 is 10.6 Å². The third kappa shape index (κ3) is 5.13. The van der Waals surface area contributed by atoms with E-state index in [-0.39, 0.29) is 11.6 Å². The van der Waals surface area contributed by atoms with Crippen molar-refractivity contribution >= 4 is 6.03 Å². The number of aromatic nitrogens is 2. The molecule has 0 aliphatic carbocycles. The lowest BCUT2D eigenvalue weighted by Crippen LogP contribution is -2.46. The SMILES string of the molecule is C=CCC(CC)NC(=O)NC(c1cnn(C)c1)C(F)(F)F. The lowest BCUT2D eigenvalue weighted by atomic mass is 10.1. The molecule has 2 unspecified atom stereocenters. The van der Waals surface area contributed by atoms with E-state index in [4.69, 9.17) is 0 Å². The molecule has 2 amide bonds. The second-order valence-corrected chi connectivity index (χ2v) is 4.67. The van der Waals surface area contributed by atoms with Crippen molar-refractivity contribution in [1.82, 2.24) is 20.4 Å². The number of alkyl halides is 3. The van der Waals surface area contributed by atoms with Crippen LogP contribution in [0.15, 0.2) is 25.0 Å². The molecule has 1 aromatic rings. The molecule has 0 fully saturated rings. The summed E-state index contributed by atoms with van der Waals surface area (Å²) in [7, 11) is 1.51. The zero-order valence-corrected chi connectivity index (χ0v) is 11.9. The quantitative estimate of drug-likeness (QED) is 0.794. The molecule has 0 aromatic carbocycles. The number of nitrogens with one attached hydrogen (secondary N) is 2. The molecule has 5 nitrogen and oxygen atoms in total. The van der Waals surface area contributed by atoms with Gasteiger partial charge in [0.2, 0.25) is 0 Å². The molecule has 2 atom stereocenters. The van der Waals surface area contributed by atoms with Gasteiger partial charge >= 0.3 is 12.2 Å². The molecule has 2 N–H and O–H groups in total. The maximum absolute atomic E-state index is 13.0. The van der Waals surface area contributed by atoms with Crippen molar-refractivity contribution in [1.29, 1.82) is 0 Å². The summed E-state index contributed by atoms with van der Waals surface area (Å²) in [5.41, 5.74) is -0.114. The normalized spacial score (nSPS) is 14.3. The van der Waals surface area contributed by atoms with Gasteiger partial charge in [-0.2, -0.15) is 18.3 Å². The van der Waals surface area contributed by atoms with Crippen LogP contribution in [0.4, 0.5) is 18.0 Å². The van der Waals surface area contributed by atoms with Gasteiger partial charge in [0.15, 0.2) is 6.04 Å². The average Bonchev–Trinajstić information content (AvgIpc) is 2.80. The van der Waals surface area contributed by atoms with Gasteiger partial charge in [0.1, 0.15) is 0 Å². The van der Waals surface area contributed by atoms with Crippen LogP contribution >= 0.6 is 0 Å². The van der Waals surface area contributed by atoms with Crippen LogP contribution in [0.5, 0.6) is 0 Å². The van der Waals surface area contributed by atoms with Gasteiger partial charge in [-0.25, -0.2) is 4.79 Å². The maximum atomic E-state index is 13.0. The number of urea groups is 1. The highest BCUT2D eigenvalue weighted by atomic mass is 19.4. The van der Waals surface area contributed by atoms with E-state index in [1.807, 2.05) is 12.2 Å². The molecule has 1 heterocycles. The van der Waals surface area contributed by atoms with Crippen LogP contribution in [-0.4, -0.2) is 28.0 Å². The topological polar surface area (TPSA) is 59.0 Å². The first kappa shape index (κ1) is 17.1. The highest BCUT2D eigenvalue weighted by Crippen LogP contribution is 2.32. The Morgan fingerprint density at radius 1 is 1.52 bits per heavy atom. The molecule has 8 heteroatoms. The fourth-order valence-electron chi connectivity index (χ4n) is 1.83. The first-order valence-corrected chi connectivity index (χ1v) is 6.51. The zero-order chi connectivity index (χ0) is 16.0. The predicted molar refractivity (Wildman–Crippen MR) is 72.6 cm³/mol. The Kier molecular flexibility index (Phi) is 5.80. The van der Waals surface area contributed by atoms with Crippen LogP contribution in [-0.2, 0) is 7.05 Å². The lowest BCUT2D eigenvalue weighted by Gasteiger charge is -2.22. The third-order valence-electron chi connectivity index (χ3n) is 2.94. The molecule has 0 aliphatic rings. The monoisotopic (exact) mass is 304 g/mol. The molecule has 0 saturated carbocycles. The van der Waals surface area contributed by atoms with Crippen LogP contribution < -0.4 is 10.6 Å². The van der Waals surface area contributed by atoms with Crippen molar-refractivity contribution in [3.8, 4) is 0 Å². The number of rotatable bonds is 6. The van der Waals surface area contributed by atoms with Gasteiger partial charge in [-0.15, -0.1) is 6.58 Å². The average molecular weight is 304 g/mol. The van der Waals surface area contributed by atoms with Crippen molar-refractivity contribution < 1.29 is 18.0 Å². The number of halogens is 3. The van der Waals surface area contributed by atoms with Crippen LogP contribution in [0.25, 0.3) is 0 Å². The van der Waals surface area contributed by atoms with Gasteiger partial charge in [0.25, 0.3) is 0 Å². The Labute approximate surface area is 121 Å². The molecule has 0 aliphatic heterocycles. The Morgan fingerprint density at radius 3 is 2.62 bits per heavy atom. The minimum absolute atomic E-state index is 0.114. The van der Waals surface area contributed by atoms with E-state index < -0.39 is 18.2 Å². The van der Waals surface area contributed by atoms with E-state index >= 15 is 0 Å². The molecular formula is C13H19F3N4O. The van der Waals surface area contributed by atoms with Crippen molar-refractivity contribution in [3.63, 3.8) is 0 Å².